The highest BCUT2D eigenvalue weighted by molar-refractivity contribution is 5.56. The van der Waals surface area contributed by atoms with Gasteiger partial charge in [-0.3, -0.25) is 4.99 Å². The molecule has 0 amide bonds. The standard InChI is InChI=1S/C3H6N2.C2H4O/c1-2-5-3-4-1;1-2-3/h3H,1-2H2,(H,4,5);2-3H,1H2. The van der Waals surface area contributed by atoms with Gasteiger partial charge in [-0.15, -0.1) is 0 Å². The summed E-state index contributed by atoms with van der Waals surface area (Å²) in [6.45, 7) is 4.90. The summed E-state index contributed by atoms with van der Waals surface area (Å²) in [5.41, 5.74) is 0. The van der Waals surface area contributed by atoms with E-state index < -0.39 is 0 Å². The van der Waals surface area contributed by atoms with Crippen molar-refractivity contribution < 1.29 is 5.11 Å². The molecule has 0 spiro atoms. The van der Waals surface area contributed by atoms with Crippen molar-refractivity contribution in [2.24, 2.45) is 4.99 Å². The molecule has 0 aliphatic carbocycles. The fraction of sp³-hybridized carbons (Fsp3) is 0.400. The van der Waals surface area contributed by atoms with Crippen molar-refractivity contribution in [2.45, 2.75) is 0 Å². The monoisotopic (exact) mass is 114 g/mol. The molecule has 1 heterocycles. The van der Waals surface area contributed by atoms with Crippen LogP contribution in [0.2, 0.25) is 0 Å². The quantitative estimate of drug-likeness (QED) is 0.445. The third kappa shape index (κ3) is 5.01. The summed E-state index contributed by atoms with van der Waals surface area (Å²) in [5, 5.41) is 10.3. The van der Waals surface area contributed by atoms with Crippen LogP contribution in [-0.2, 0) is 0 Å². The molecule has 0 bridgehead atoms. The van der Waals surface area contributed by atoms with E-state index in [4.69, 9.17) is 5.11 Å². The zero-order chi connectivity index (χ0) is 6.24. The van der Waals surface area contributed by atoms with Crippen LogP contribution in [-0.4, -0.2) is 24.5 Å². The Bertz CT molecular complexity index is 74.5. The van der Waals surface area contributed by atoms with Gasteiger partial charge in [0, 0.05) is 6.54 Å². The molecular weight excluding hydrogens is 104 g/mol. The van der Waals surface area contributed by atoms with Gasteiger partial charge in [0.2, 0.25) is 0 Å². The number of nitrogens with zero attached hydrogens (tertiary/aromatic N) is 1. The first-order valence-corrected chi connectivity index (χ1v) is 2.38. The van der Waals surface area contributed by atoms with Crippen LogP contribution in [0.4, 0.5) is 0 Å². The average Bonchev–Trinajstić information content (AvgIpc) is 2.17. The van der Waals surface area contributed by atoms with E-state index in [1.807, 2.05) is 0 Å². The first-order chi connectivity index (χ1) is 3.91. The van der Waals surface area contributed by atoms with Gasteiger partial charge < -0.3 is 10.4 Å². The van der Waals surface area contributed by atoms with Gasteiger partial charge in [-0.25, -0.2) is 0 Å². The largest absolute Gasteiger partial charge is 0.516 e. The summed E-state index contributed by atoms with van der Waals surface area (Å²) in [4.78, 5) is 3.85. The van der Waals surface area contributed by atoms with Crippen LogP contribution in [0.15, 0.2) is 17.8 Å². The lowest BCUT2D eigenvalue weighted by Gasteiger charge is -1.75. The lowest BCUT2D eigenvalue weighted by molar-refractivity contribution is 0.476. The molecule has 1 aliphatic rings. The van der Waals surface area contributed by atoms with Crippen molar-refractivity contribution in [3.05, 3.63) is 12.8 Å². The average molecular weight is 114 g/mol. The van der Waals surface area contributed by atoms with Gasteiger partial charge >= 0.3 is 0 Å². The maximum absolute atomic E-state index is 7.33. The van der Waals surface area contributed by atoms with Gasteiger partial charge in [0.15, 0.2) is 0 Å². The SMILES string of the molecule is C1=NCCN1.C=CO. The van der Waals surface area contributed by atoms with Crippen molar-refractivity contribution >= 4 is 6.34 Å². The van der Waals surface area contributed by atoms with Crippen LogP contribution >= 0.6 is 0 Å². The molecule has 1 rings (SSSR count). The minimum atomic E-state index is 0.750. The van der Waals surface area contributed by atoms with Crippen LogP contribution < -0.4 is 5.32 Å². The van der Waals surface area contributed by atoms with Gasteiger partial charge in [-0.1, -0.05) is 6.58 Å². The molecule has 8 heavy (non-hydrogen) atoms. The van der Waals surface area contributed by atoms with E-state index in [0.29, 0.717) is 0 Å². The zero-order valence-electron chi connectivity index (χ0n) is 4.67. The second-order valence-electron chi connectivity index (χ2n) is 1.17. The van der Waals surface area contributed by atoms with Crippen molar-refractivity contribution in [1.29, 1.82) is 0 Å². The molecule has 0 aromatic rings. The van der Waals surface area contributed by atoms with E-state index in [2.05, 4.69) is 16.9 Å². The molecule has 0 aromatic heterocycles. The highest BCUT2D eigenvalue weighted by atomic mass is 16.2. The summed E-state index contributed by atoms with van der Waals surface area (Å²) in [7, 11) is 0. The van der Waals surface area contributed by atoms with Gasteiger partial charge in [-0.05, 0) is 0 Å². The highest BCUT2D eigenvalue weighted by Gasteiger charge is 1.82. The summed E-state index contributed by atoms with van der Waals surface area (Å²) in [5.74, 6) is 0. The molecule has 3 nitrogen and oxygen atoms in total. The second kappa shape index (κ2) is 6.01. The highest BCUT2D eigenvalue weighted by Crippen LogP contribution is 1.68. The van der Waals surface area contributed by atoms with Crippen LogP contribution in [0.5, 0.6) is 0 Å². The molecule has 0 unspecified atom stereocenters. The summed E-state index contributed by atoms with van der Waals surface area (Å²) in [6, 6.07) is 0. The van der Waals surface area contributed by atoms with E-state index in [1.165, 1.54) is 0 Å². The number of aliphatic hydroxyl groups excluding tert-OH is 1. The lowest BCUT2D eigenvalue weighted by Crippen LogP contribution is -2.04. The van der Waals surface area contributed by atoms with Crippen LogP contribution in [0, 0.1) is 0 Å². The molecule has 1 aliphatic heterocycles. The fourth-order valence-electron chi connectivity index (χ4n) is 0.323. The maximum atomic E-state index is 7.33. The number of hydrogen-bond acceptors (Lipinski definition) is 3. The smallest absolute Gasteiger partial charge is 0.0825 e. The van der Waals surface area contributed by atoms with Gasteiger partial charge in [0.05, 0.1) is 19.1 Å². The number of hydrogen-bond donors (Lipinski definition) is 2. The van der Waals surface area contributed by atoms with Crippen LogP contribution in [0.25, 0.3) is 0 Å². The fourth-order valence-corrected chi connectivity index (χ4v) is 0.323. The predicted molar refractivity (Wildman–Crippen MR) is 34.2 cm³/mol. The minimum Gasteiger partial charge on any atom is -0.516 e. The number of nitrogens with one attached hydrogen (secondary N) is 1. The molecule has 46 valence electrons. The topological polar surface area (TPSA) is 44.6 Å². The molecule has 0 atom stereocenters. The molecule has 0 fully saturated rings. The second-order valence-corrected chi connectivity index (χ2v) is 1.17. The van der Waals surface area contributed by atoms with E-state index in [9.17, 15) is 0 Å². The Morgan fingerprint density at radius 3 is 2.62 bits per heavy atom. The lowest BCUT2D eigenvalue weighted by atomic mass is 10.7. The first-order valence-electron chi connectivity index (χ1n) is 2.38. The van der Waals surface area contributed by atoms with Crippen LogP contribution in [0.1, 0.15) is 0 Å². The van der Waals surface area contributed by atoms with E-state index in [-0.39, 0.29) is 0 Å². The van der Waals surface area contributed by atoms with Crippen molar-refractivity contribution in [2.75, 3.05) is 13.1 Å². The number of aliphatic hydroxyl groups is 1. The Hall–Kier alpha value is -0.990. The molecule has 0 saturated carbocycles. The van der Waals surface area contributed by atoms with E-state index in [1.54, 1.807) is 6.34 Å². The third-order valence-corrected chi connectivity index (χ3v) is 0.568. The summed E-state index contributed by atoms with van der Waals surface area (Å²) >= 11 is 0. The molecular formula is C5H10N2O. The zero-order valence-corrected chi connectivity index (χ0v) is 4.67. The van der Waals surface area contributed by atoms with E-state index >= 15 is 0 Å². The Morgan fingerprint density at radius 2 is 2.50 bits per heavy atom. The Balaban J connectivity index is 0.000000145. The molecule has 2 N–H and O–H groups in total. The van der Waals surface area contributed by atoms with Crippen molar-refractivity contribution in [1.82, 2.24) is 5.32 Å². The summed E-state index contributed by atoms with van der Waals surface area (Å²) < 4.78 is 0. The number of aliphatic imine (C=N–C) groups is 1. The molecule has 0 radical (unpaired) electrons. The number of rotatable bonds is 0. The Morgan fingerprint density at radius 1 is 1.88 bits per heavy atom. The van der Waals surface area contributed by atoms with E-state index in [0.717, 1.165) is 19.4 Å². The first kappa shape index (κ1) is 7.01. The van der Waals surface area contributed by atoms with Crippen molar-refractivity contribution in [3.8, 4) is 0 Å². The Kier molecular flexibility index (Phi) is 5.27. The maximum Gasteiger partial charge on any atom is 0.0825 e. The Labute approximate surface area is 48.7 Å². The normalized spacial score (nSPS) is 13.5. The minimum absolute atomic E-state index is 0.750. The molecule has 3 heteroatoms. The third-order valence-electron chi connectivity index (χ3n) is 0.568. The van der Waals surface area contributed by atoms with Crippen molar-refractivity contribution in [3.63, 3.8) is 0 Å². The van der Waals surface area contributed by atoms with Gasteiger partial charge in [0.1, 0.15) is 0 Å². The van der Waals surface area contributed by atoms with Crippen LogP contribution in [0.3, 0.4) is 0 Å². The van der Waals surface area contributed by atoms with Gasteiger partial charge in [0.25, 0.3) is 0 Å². The molecule has 0 saturated heterocycles. The van der Waals surface area contributed by atoms with Gasteiger partial charge in [-0.2, -0.15) is 0 Å². The molecule has 0 aromatic carbocycles. The summed E-state index contributed by atoms with van der Waals surface area (Å²) in [6.07, 6.45) is 2.49. The predicted octanol–water partition coefficient (Wildman–Crippen LogP) is 0.306.